The summed E-state index contributed by atoms with van der Waals surface area (Å²) in [5, 5.41) is 3.65. The molecule has 0 spiro atoms. The molecular weight excluding hydrogens is 206 g/mol. The third-order valence-electron chi connectivity index (χ3n) is 3.19. The van der Waals surface area contributed by atoms with E-state index in [1.807, 2.05) is 0 Å². The van der Waals surface area contributed by atoms with E-state index in [2.05, 4.69) is 26.1 Å². The van der Waals surface area contributed by atoms with E-state index in [0.29, 0.717) is 6.04 Å². The molecule has 92 valence electrons. The van der Waals surface area contributed by atoms with Crippen LogP contribution in [0.1, 0.15) is 59.3 Å². The molecule has 0 aliphatic heterocycles. The molecule has 2 heteroatoms. The first-order valence-electron chi connectivity index (χ1n) is 6.57. The SMILES string of the molecule is CCCCC(CC)CNC(CC)CCCl. The van der Waals surface area contributed by atoms with E-state index in [1.54, 1.807) is 0 Å². The van der Waals surface area contributed by atoms with Crippen molar-refractivity contribution in [3.63, 3.8) is 0 Å². The van der Waals surface area contributed by atoms with Crippen LogP contribution in [0.2, 0.25) is 0 Å². The first kappa shape index (κ1) is 15.2. The molecule has 0 radical (unpaired) electrons. The molecule has 0 amide bonds. The fourth-order valence-corrected chi connectivity index (χ4v) is 2.12. The van der Waals surface area contributed by atoms with Gasteiger partial charge in [0.2, 0.25) is 0 Å². The normalized spacial score (nSPS) is 15.2. The van der Waals surface area contributed by atoms with Crippen LogP contribution in [0.3, 0.4) is 0 Å². The van der Waals surface area contributed by atoms with Crippen LogP contribution in [0.5, 0.6) is 0 Å². The van der Waals surface area contributed by atoms with Gasteiger partial charge >= 0.3 is 0 Å². The molecule has 0 heterocycles. The molecule has 0 saturated carbocycles. The standard InChI is InChI=1S/C13H28ClN/c1-4-7-8-12(5-2)11-15-13(6-3)9-10-14/h12-13,15H,4-11H2,1-3H3. The van der Waals surface area contributed by atoms with Gasteiger partial charge in [-0.2, -0.15) is 0 Å². The molecule has 0 bridgehead atoms. The molecule has 15 heavy (non-hydrogen) atoms. The Balaban J connectivity index is 3.66. The Kier molecular flexibility index (Phi) is 10.9. The van der Waals surface area contributed by atoms with E-state index in [9.17, 15) is 0 Å². The first-order chi connectivity index (χ1) is 7.28. The molecule has 0 rings (SSSR count). The van der Waals surface area contributed by atoms with Crippen molar-refractivity contribution in [2.45, 2.75) is 65.3 Å². The Bertz CT molecular complexity index is 128. The second-order valence-corrected chi connectivity index (χ2v) is 4.79. The number of rotatable bonds is 10. The largest absolute Gasteiger partial charge is 0.314 e. The van der Waals surface area contributed by atoms with Gasteiger partial charge in [0, 0.05) is 11.9 Å². The van der Waals surface area contributed by atoms with Gasteiger partial charge in [0.15, 0.2) is 0 Å². The van der Waals surface area contributed by atoms with Crippen LogP contribution in [0.15, 0.2) is 0 Å². The van der Waals surface area contributed by atoms with Crippen LogP contribution < -0.4 is 5.32 Å². The number of unbranched alkanes of at least 4 members (excludes halogenated alkanes) is 1. The van der Waals surface area contributed by atoms with E-state index >= 15 is 0 Å². The van der Waals surface area contributed by atoms with Crippen LogP contribution in [0.4, 0.5) is 0 Å². The van der Waals surface area contributed by atoms with Crippen LogP contribution in [0.25, 0.3) is 0 Å². The second-order valence-electron chi connectivity index (χ2n) is 4.41. The molecular formula is C13H28ClN. The lowest BCUT2D eigenvalue weighted by molar-refractivity contribution is 0.378. The minimum atomic E-state index is 0.623. The molecule has 1 N–H and O–H groups in total. The van der Waals surface area contributed by atoms with Crippen LogP contribution >= 0.6 is 11.6 Å². The Labute approximate surface area is 101 Å². The summed E-state index contributed by atoms with van der Waals surface area (Å²) in [6.07, 6.45) is 7.64. The zero-order valence-corrected chi connectivity index (χ0v) is 11.4. The minimum Gasteiger partial charge on any atom is -0.314 e. The van der Waals surface area contributed by atoms with Gasteiger partial charge in [-0.1, -0.05) is 40.0 Å². The predicted octanol–water partition coefficient (Wildman–Crippen LogP) is 4.20. The van der Waals surface area contributed by atoms with Crippen molar-refractivity contribution < 1.29 is 0 Å². The molecule has 0 aliphatic rings. The van der Waals surface area contributed by atoms with E-state index in [0.717, 1.165) is 18.2 Å². The van der Waals surface area contributed by atoms with E-state index in [4.69, 9.17) is 11.6 Å². The summed E-state index contributed by atoms with van der Waals surface area (Å²) >= 11 is 5.77. The maximum absolute atomic E-state index is 5.77. The van der Waals surface area contributed by atoms with Crippen LogP contribution in [-0.4, -0.2) is 18.5 Å². The lowest BCUT2D eigenvalue weighted by Crippen LogP contribution is -2.33. The highest BCUT2D eigenvalue weighted by Gasteiger charge is 2.09. The first-order valence-corrected chi connectivity index (χ1v) is 7.11. The summed E-state index contributed by atoms with van der Waals surface area (Å²) < 4.78 is 0. The summed E-state index contributed by atoms with van der Waals surface area (Å²) in [4.78, 5) is 0. The Morgan fingerprint density at radius 2 is 1.80 bits per heavy atom. The fourth-order valence-electron chi connectivity index (χ4n) is 1.86. The van der Waals surface area contributed by atoms with Gasteiger partial charge < -0.3 is 5.32 Å². The molecule has 0 saturated heterocycles. The summed E-state index contributed by atoms with van der Waals surface area (Å²) in [6.45, 7) is 7.97. The minimum absolute atomic E-state index is 0.623. The molecule has 2 unspecified atom stereocenters. The van der Waals surface area contributed by atoms with Crippen molar-refractivity contribution in [2.24, 2.45) is 5.92 Å². The zero-order chi connectivity index (χ0) is 11.5. The highest BCUT2D eigenvalue weighted by molar-refractivity contribution is 6.17. The summed E-state index contributed by atoms with van der Waals surface area (Å²) in [5.74, 6) is 1.63. The average Bonchev–Trinajstić information content (AvgIpc) is 2.27. The van der Waals surface area contributed by atoms with Crippen molar-refractivity contribution in [3.05, 3.63) is 0 Å². The van der Waals surface area contributed by atoms with Crippen molar-refractivity contribution in [1.82, 2.24) is 5.32 Å². The van der Waals surface area contributed by atoms with Crippen LogP contribution in [0, 0.1) is 5.92 Å². The maximum Gasteiger partial charge on any atom is 0.0238 e. The quantitative estimate of drug-likeness (QED) is 0.558. The molecule has 2 atom stereocenters. The highest BCUT2D eigenvalue weighted by atomic mass is 35.5. The average molecular weight is 234 g/mol. The van der Waals surface area contributed by atoms with Crippen LogP contribution in [-0.2, 0) is 0 Å². The number of nitrogens with one attached hydrogen (secondary N) is 1. The monoisotopic (exact) mass is 233 g/mol. The van der Waals surface area contributed by atoms with Crippen molar-refractivity contribution >= 4 is 11.6 Å². The summed E-state index contributed by atoms with van der Waals surface area (Å²) in [7, 11) is 0. The zero-order valence-electron chi connectivity index (χ0n) is 10.7. The third kappa shape index (κ3) is 8.10. The molecule has 0 aliphatic carbocycles. The lowest BCUT2D eigenvalue weighted by Gasteiger charge is -2.20. The van der Waals surface area contributed by atoms with E-state index in [-0.39, 0.29) is 0 Å². The Morgan fingerprint density at radius 3 is 2.27 bits per heavy atom. The second kappa shape index (κ2) is 10.8. The predicted molar refractivity (Wildman–Crippen MR) is 70.7 cm³/mol. The van der Waals surface area contributed by atoms with Gasteiger partial charge in [-0.3, -0.25) is 0 Å². The number of hydrogen-bond donors (Lipinski definition) is 1. The lowest BCUT2D eigenvalue weighted by atomic mass is 9.98. The number of halogens is 1. The number of alkyl halides is 1. The van der Waals surface area contributed by atoms with Gasteiger partial charge in [-0.15, -0.1) is 11.6 Å². The Hall–Kier alpha value is 0.250. The van der Waals surface area contributed by atoms with Crippen molar-refractivity contribution in [3.8, 4) is 0 Å². The third-order valence-corrected chi connectivity index (χ3v) is 3.41. The smallest absolute Gasteiger partial charge is 0.0238 e. The maximum atomic E-state index is 5.77. The molecule has 1 nitrogen and oxygen atoms in total. The molecule has 0 fully saturated rings. The van der Waals surface area contributed by atoms with Gasteiger partial charge in [-0.25, -0.2) is 0 Å². The summed E-state index contributed by atoms with van der Waals surface area (Å²) in [6, 6.07) is 0.623. The Morgan fingerprint density at radius 1 is 1.07 bits per heavy atom. The molecule has 0 aromatic rings. The van der Waals surface area contributed by atoms with Crippen molar-refractivity contribution in [2.75, 3.05) is 12.4 Å². The van der Waals surface area contributed by atoms with Gasteiger partial charge in [0.05, 0.1) is 0 Å². The molecule has 0 aromatic carbocycles. The topological polar surface area (TPSA) is 12.0 Å². The van der Waals surface area contributed by atoms with Gasteiger partial charge in [0.25, 0.3) is 0 Å². The molecule has 0 aromatic heterocycles. The highest BCUT2D eigenvalue weighted by Crippen LogP contribution is 2.12. The summed E-state index contributed by atoms with van der Waals surface area (Å²) in [5.41, 5.74) is 0. The van der Waals surface area contributed by atoms with Gasteiger partial charge in [-0.05, 0) is 31.7 Å². The number of hydrogen-bond acceptors (Lipinski definition) is 1. The van der Waals surface area contributed by atoms with Crippen molar-refractivity contribution in [1.29, 1.82) is 0 Å². The fraction of sp³-hybridized carbons (Fsp3) is 1.00. The van der Waals surface area contributed by atoms with Gasteiger partial charge in [0.1, 0.15) is 0 Å². The van der Waals surface area contributed by atoms with E-state index < -0.39 is 0 Å². The van der Waals surface area contributed by atoms with E-state index in [1.165, 1.54) is 38.6 Å².